The zero-order chi connectivity index (χ0) is 12.2. The van der Waals surface area contributed by atoms with Gasteiger partial charge in [0, 0.05) is 36.1 Å². The maximum atomic E-state index is 4.44. The topological polar surface area (TPSA) is 28.2 Å². The Bertz CT molecular complexity index is 312. The second-order valence-electron chi connectivity index (χ2n) is 5.38. The lowest BCUT2D eigenvalue weighted by Gasteiger charge is -2.19. The molecule has 0 unspecified atom stereocenters. The fourth-order valence-corrected chi connectivity index (χ4v) is 2.07. The summed E-state index contributed by atoms with van der Waals surface area (Å²) in [6, 6.07) is 0. The van der Waals surface area contributed by atoms with Crippen molar-refractivity contribution in [1.29, 1.82) is 0 Å². The normalized spacial score (nSPS) is 12.4. The van der Waals surface area contributed by atoms with Gasteiger partial charge in [-0.1, -0.05) is 0 Å². The summed E-state index contributed by atoms with van der Waals surface area (Å²) in [7, 11) is 4.19. The second kappa shape index (κ2) is 5.75. The number of nitrogens with one attached hydrogen (secondary N) is 1. The Morgan fingerprint density at radius 2 is 2.06 bits per heavy atom. The van der Waals surface area contributed by atoms with Gasteiger partial charge in [-0.2, -0.15) is 0 Å². The van der Waals surface area contributed by atoms with Crippen LogP contribution in [0.2, 0.25) is 0 Å². The van der Waals surface area contributed by atoms with E-state index in [1.54, 1.807) is 0 Å². The van der Waals surface area contributed by atoms with E-state index in [1.165, 1.54) is 9.88 Å². The van der Waals surface area contributed by atoms with Crippen molar-refractivity contribution >= 4 is 11.3 Å². The number of nitrogens with zero attached hydrogens (tertiary/aromatic N) is 2. The summed E-state index contributed by atoms with van der Waals surface area (Å²) < 4.78 is 0. The highest BCUT2D eigenvalue weighted by Crippen LogP contribution is 2.14. The van der Waals surface area contributed by atoms with Crippen molar-refractivity contribution in [3.63, 3.8) is 0 Å². The minimum Gasteiger partial charge on any atom is -0.309 e. The van der Waals surface area contributed by atoms with Gasteiger partial charge in [0.05, 0.1) is 5.01 Å². The Kier molecular flexibility index (Phi) is 4.89. The van der Waals surface area contributed by atoms with Crippen LogP contribution in [0, 0.1) is 0 Å². The van der Waals surface area contributed by atoms with Gasteiger partial charge >= 0.3 is 0 Å². The van der Waals surface area contributed by atoms with Crippen LogP contribution in [0.15, 0.2) is 6.20 Å². The van der Waals surface area contributed by atoms with Crippen LogP contribution in [0.3, 0.4) is 0 Å². The molecule has 0 bridgehead atoms. The molecule has 4 heteroatoms. The average Bonchev–Trinajstić information content (AvgIpc) is 2.58. The minimum atomic E-state index is 0.174. The van der Waals surface area contributed by atoms with E-state index in [2.05, 4.69) is 50.1 Å². The lowest BCUT2D eigenvalue weighted by atomic mass is 10.1. The molecule has 0 radical (unpaired) electrons. The Labute approximate surface area is 103 Å². The monoisotopic (exact) mass is 241 g/mol. The molecule has 0 amide bonds. The average molecular weight is 241 g/mol. The van der Waals surface area contributed by atoms with Crippen LogP contribution in [0.1, 0.15) is 30.7 Å². The molecule has 1 rings (SSSR count). The molecule has 0 atom stereocenters. The molecule has 0 fully saturated rings. The minimum absolute atomic E-state index is 0.174. The van der Waals surface area contributed by atoms with Gasteiger partial charge in [0.1, 0.15) is 0 Å². The molecule has 16 heavy (non-hydrogen) atoms. The highest BCUT2D eigenvalue weighted by Gasteiger charge is 2.09. The molecule has 0 aliphatic heterocycles. The fraction of sp³-hybridized carbons (Fsp3) is 0.750. The van der Waals surface area contributed by atoms with Gasteiger partial charge in [-0.3, -0.25) is 0 Å². The van der Waals surface area contributed by atoms with Gasteiger partial charge in [0.15, 0.2) is 0 Å². The van der Waals surface area contributed by atoms with Crippen molar-refractivity contribution in [3.05, 3.63) is 16.1 Å². The van der Waals surface area contributed by atoms with Gasteiger partial charge in [0.25, 0.3) is 0 Å². The first-order valence-electron chi connectivity index (χ1n) is 5.70. The number of hydrogen-bond donors (Lipinski definition) is 1. The third kappa shape index (κ3) is 5.58. The first kappa shape index (κ1) is 13.6. The second-order valence-corrected chi connectivity index (χ2v) is 6.58. The van der Waals surface area contributed by atoms with Gasteiger partial charge in [0.2, 0.25) is 0 Å². The molecule has 1 aromatic rings. The zero-order valence-corrected chi connectivity index (χ0v) is 11.8. The Morgan fingerprint density at radius 3 is 2.62 bits per heavy atom. The van der Waals surface area contributed by atoms with E-state index in [0.29, 0.717) is 0 Å². The van der Waals surface area contributed by atoms with E-state index in [9.17, 15) is 0 Å². The van der Waals surface area contributed by atoms with E-state index < -0.39 is 0 Å². The van der Waals surface area contributed by atoms with Gasteiger partial charge < -0.3 is 10.2 Å². The first-order chi connectivity index (χ1) is 7.37. The van der Waals surface area contributed by atoms with Crippen LogP contribution in [-0.2, 0) is 13.0 Å². The van der Waals surface area contributed by atoms with E-state index in [0.717, 1.165) is 19.5 Å². The number of hydrogen-bond acceptors (Lipinski definition) is 4. The summed E-state index contributed by atoms with van der Waals surface area (Å²) in [6.45, 7) is 8.53. The quantitative estimate of drug-likeness (QED) is 0.856. The summed E-state index contributed by atoms with van der Waals surface area (Å²) >= 11 is 1.82. The molecular formula is C12H23N3S. The summed E-state index contributed by atoms with van der Waals surface area (Å²) in [5, 5.41) is 4.71. The fourth-order valence-electron chi connectivity index (χ4n) is 1.22. The van der Waals surface area contributed by atoms with Crippen molar-refractivity contribution < 1.29 is 0 Å². The molecule has 1 heterocycles. The maximum absolute atomic E-state index is 4.44. The van der Waals surface area contributed by atoms with Gasteiger partial charge in [-0.25, -0.2) is 4.98 Å². The van der Waals surface area contributed by atoms with Crippen molar-refractivity contribution in [1.82, 2.24) is 15.2 Å². The summed E-state index contributed by atoms with van der Waals surface area (Å²) in [5.41, 5.74) is 0.174. The Morgan fingerprint density at radius 1 is 1.38 bits per heavy atom. The molecule has 0 spiro atoms. The third-order valence-electron chi connectivity index (χ3n) is 2.17. The smallest absolute Gasteiger partial charge is 0.0940 e. The van der Waals surface area contributed by atoms with Crippen LogP contribution in [0.5, 0.6) is 0 Å². The molecule has 92 valence electrons. The molecular weight excluding hydrogens is 218 g/mol. The van der Waals surface area contributed by atoms with Crippen LogP contribution in [-0.4, -0.2) is 36.1 Å². The molecule has 0 saturated carbocycles. The lowest BCUT2D eigenvalue weighted by molar-refractivity contribution is 0.413. The van der Waals surface area contributed by atoms with Crippen LogP contribution >= 0.6 is 11.3 Å². The van der Waals surface area contributed by atoms with Gasteiger partial charge in [-0.15, -0.1) is 11.3 Å². The van der Waals surface area contributed by atoms with Crippen LogP contribution < -0.4 is 5.32 Å². The predicted octanol–water partition coefficient (Wildman–Crippen LogP) is 2.14. The summed E-state index contributed by atoms with van der Waals surface area (Å²) in [6.07, 6.45) is 3.04. The zero-order valence-electron chi connectivity index (χ0n) is 11.0. The molecule has 3 nitrogen and oxygen atoms in total. The van der Waals surface area contributed by atoms with Crippen LogP contribution in [0.4, 0.5) is 0 Å². The maximum Gasteiger partial charge on any atom is 0.0940 e. The molecule has 0 aromatic carbocycles. The summed E-state index contributed by atoms with van der Waals surface area (Å²) in [4.78, 5) is 7.95. The number of rotatable bonds is 5. The number of likely N-dealkylation sites (N-methyl/N-ethyl adjacent to an activating group) is 1. The largest absolute Gasteiger partial charge is 0.309 e. The Hall–Kier alpha value is -0.450. The predicted molar refractivity (Wildman–Crippen MR) is 71.0 cm³/mol. The van der Waals surface area contributed by atoms with Crippen LogP contribution in [0.25, 0.3) is 0 Å². The molecule has 0 saturated heterocycles. The standard InChI is InChI=1S/C12H23N3S/c1-12(2,3)14-9-10-8-13-11(16-10)6-7-15(4)5/h8,14H,6-7,9H2,1-5H3. The van der Waals surface area contributed by atoms with E-state index in [-0.39, 0.29) is 5.54 Å². The molecule has 1 aromatic heterocycles. The molecule has 0 aliphatic carbocycles. The third-order valence-corrected chi connectivity index (χ3v) is 3.22. The summed E-state index contributed by atoms with van der Waals surface area (Å²) in [5.74, 6) is 0. The van der Waals surface area contributed by atoms with E-state index in [4.69, 9.17) is 0 Å². The number of aromatic nitrogens is 1. The van der Waals surface area contributed by atoms with Crippen molar-refractivity contribution in [3.8, 4) is 0 Å². The van der Waals surface area contributed by atoms with E-state index >= 15 is 0 Å². The highest BCUT2D eigenvalue weighted by molar-refractivity contribution is 7.11. The lowest BCUT2D eigenvalue weighted by Crippen LogP contribution is -2.34. The Balaban J connectivity index is 2.39. The van der Waals surface area contributed by atoms with Gasteiger partial charge in [-0.05, 0) is 34.9 Å². The van der Waals surface area contributed by atoms with Crippen molar-refractivity contribution in [2.45, 2.75) is 39.3 Å². The number of thiazole rings is 1. The van der Waals surface area contributed by atoms with Crippen molar-refractivity contribution in [2.24, 2.45) is 0 Å². The van der Waals surface area contributed by atoms with E-state index in [1.807, 2.05) is 17.5 Å². The first-order valence-corrected chi connectivity index (χ1v) is 6.52. The van der Waals surface area contributed by atoms with Crippen molar-refractivity contribution in [2.75, 3.05) is 20.6 Å². The molecule has 1 N–H and O–H groups in total. The molecule has 0 aliphatic rings. The SMILES string of the molecule is CN(C)CCc1ncc(CNC(C)(C)C)s1. The highest BCUT2D eigenvalue weighted by atomic mass is 32.1.